The summed E-state index contributed by atoms with van der Waals surface area (Å²) in [6, 6.07) is 2.85. The number of carbonyl (C=O) groups is 2. The van der Waals surface area contributed by atoms with E-state index < -0.39 is 17.4 Å². The van der Waals surface area contributed by atoms with Gasteiger partial charge in [-0.25, -0.2) is 9.18 Å². The minimum atomic E-state index is -1.31. The number of carboxylic acid groups (broad SMARTS) is 1. The van der Waals surface area contributed by atoms with Gasteiger partial charge in [-0.05, 0) is 37.1 Å². The third-order valence-corrected chi connectivity index (χ3v) is 3.81. The normalized spacial score (nSPS) is 17.3. The lowest BCUT2D eigenvalue weighted by Crippen LogP contribution is -2.57. The molecule has 0 radical (unpaired) electrons. The van der Waals surface area contributed by atoms with E-state index in [4.69, 9.17) is 4.74 Å². The quantitative estimate of drug-likeness (QED) is 0.891. The molecular weight excluding hydrogens is 277 g/mol. The van der Waals surface area contributed by atoms with E-state index in [0.717, 1.165) is 0 Å². The molecule has 1 fully saturated rings. The van der Waals surface area contributed by atoms with E-state index in [2.05, 4.69) is 5.32 Å². The van der Waals surface area contributed by atoms with Crippen molar-refractivity contribution in [3.8, 4) is 0 Å². The number of hydrogen-bond acceptors (Lipinski definition) is 3. The molecule has 114 valence electrons. The third kappa shape index (κ3) is 3.05. The molecule has 5 nitrogen and oxygen atoms in total. The second-order valence-corrected chi connectivity index (χ2v) is 5.38. The number of rotatable bonds is 3. The summed E-state index contributed by atoms with van der Waals surface area (Å²) in [4.78, 5) is 23.8. The van der Waals surface area contributed by atoms with E-state index in [1.54, 1.807) is 13.8 Å². The number of carboxylic acids is 1. The van der Waals surface area contributed by atoms with Crippen LogP contribution in [0.15, 0.2) is 12.1 Å². The highest BCUT2D eigenvalue weighted by molar-refractivity contribution is 5.98. The number of aliphatic carboxylic acids is 1. The number of hydrogen-bond donors (Lipinski definition) is 2. The zero-order valence-corrected chi connectivity index (χ0v) is 12.0. The number of amides is 1. The van der Waals surface area contributed by atoms with Gasteiger partial charge in [-0.3, -0.25) is 4.79 Å². The van der Waals surface area contributed by atoms with Crippen molar-refractivity contribution in [1.82, 2.24) is 5.32 Å². The molecule has 6 heteroatoms. The third-order valence-electron chi connectivity index (χ3n) is 3.81. The van der Waals surface area contributed by atoms with E-state index in [9.17, 15) is 19.1 Å². The van der Waals surface area contributed by atoms with Gasteiger partial charge in [0.05, 0.1) is 0 Å². The van der Waals surface area contributed by atoms with Gasteiger partial charge in [0, 0.05) is 31.6 Å². The average Bonchev–Trinajstić information content (AvgIpc) is 2.45. The van der Waals surface area contributed by atoms with Gasteiger partial charge >= 0.3 is 5.97 Å². The van der Waals surface area contributed by atoms with Crippen LogP contribution in [0.4, 0.5) is 4.39 Å². The molecule has 1 saturated heterocycles. The fraction of sp³-hybridized carbons (Fsp3) is 0.467. The molecule has 1 heterocycles. The Morgan fingerprint density at radius 3 is 2.24 bits per heavy atom. The van der Waals surface area contributed by atoms with Crippen molar-refractivity contribution in [3.05, 3.63) is 34.6 Å². The van der Waals surface area contributed by atoms with Crippen molar-refractivity contribution in [2.75, 3.05) is 13.2 Å². The van der Waals surface area contributed by atoms with Crippen LogP contribution in [0.1, 0.15) is 34.3 Å². The van der Waals surface area contributed by atoms with Gasteiger partial charge in [0.2, 0.25) is 0 Å². The molecular formula is C15H18FNO4. The Morgan fingerprint density at radius 1 is 1.24 bits per heavy atom. The molecule has 0 aromatic heterocycles. The fourth-order valence-electron chi connectivity index (χ4n) is 2.48. The summed E-state index contributed by atoms with van der Waals surface area (Å²) in [5.41, 5.74) is -0.336. The van der Waals surface area contributed by atoms with Gasteiger partial charge in [0.15, 0.2) is 0 Å². The summed E-state index contributed by atoms with van der Waals surface area (Å²) in [7, 11) is 0. The Morgan fingerprint density at radius 2 is 1.76 bits per heavy atom. The second kappa shape index (κ2) is 5.81. The molecule has 21 heavy (non-hydrogen) atoms. The van der Waals surface area contributed by atoms with Crippen LogP contribution in [0, 0.1) is 19.7 Å². The first-order chi connectivity index (χ1) is 9.85. The molecule has 0 atom stereocenters. The maximum Gasteiger partial charge on any atom is 0.329 e. The summed E-state index contributed by atoms with van der Waals surface area (Å²) in [5.74, 6) is -1.94. The number of benzene rings is 1. The SMILES string of the molecule is Cc1cc(C(=O)NC2(C(=O)O)CCOCC2)cc(C)c1F. The Hall–Kier alpha value is -1.95. The number of nitrogens with one attached hydrogen (secondary N) is 1. The van der Waals surface area contributed by atoms with E-state index in [1.807, 2.05) is 0 Å². The first-order valence-corrected chi connectivity index (χ1v) is 6.76. The highest BCUT2D eigenvalue weighted by Gasteiger charge is 2.41. The zero-order valence-electron chi connectivity index (χ0n) is 12.0. The lowest BCUT2D eigenvalue weighted by molar-refractivity contribution is -0.148. The molecule has 1 aliphatic rings. The molecule has 2 rings (SSSR count). The first kappa shape index (κ1) is 15.4. The van der Waals surface area contributed by atoms with Gasteiger partial charge in [-0.15, -0.1) is 0 Å². The fourth-order valence-corrected chi connectivity index (χ4v) is 2.48. The van der Waals surface area contributed by atoms with E-state index in [0.29, 0.717) is 11.1 Å². The zero-order chi connectivity index (χ0) is 15.6. The highest BCUT2D eigenvalue weighted by atomic mass is 19.1. The maximum absolute atomic E-state index is 13.6. The van der Waals surface area contributed by atoms with Crippen LogP contribution >= 0.6 is 0 Å². The maximum atomic E-state index is 13.6. The van der Waals surface area contributed by atoms with Crippen molar-refractivity contribution in [3.63, 3.8) is 0 Å². The largest absolute Gasteiger partial charge is 0.480 e. The second-order valence-electron chi connectivity index (χ2n) is 5.38. The molecule has 1 aromatic rings. The molecule has 1 aromatic carbocycles. The number of halogens is 1. The summed E-state index contributed by atoms with van der Waals surface area (Å²) in [6.45, 7) is 3.71. The smallest absolute Gasteiger partial charge is 0.329 e. The minimum Gasteiger partial charge on any atom is -0.480 e. The topological polar surface area (TPSA) is 75.6 Å². The van der Waals surface area contributed by atoms with Crippen molar-refractivity contribution in [1.29, 1.82) is 0 Å². The van der Waals surface area contributed by atoms with Crippen LogP contribution in [-0.4, -0.2) is 35.7 Å². The number of ether oxygens (including phenoxy) is 1. The van der Waals surface area contributed by atoms with Crippen LogP contribution < -0.4 is 5.32 Å². The monoisotopic (exact) mass is 295 g/mol. The van der Waals surface area contributed by atoms with Crippen molar-refractivity contribution in [2.45, 2.75) is 32.2 Å². The van der Waals surface area contributed by atoms with Gasteiger partial charge in [-0.2, -0.15) is 0 Å². The van der Waals surface area contributed by atoms with Crippen LogP contribution in [-0.2, 0) is 9.53 Å². The van der Waals surface area contributed by atoms with Gasteiger partial charge in [0.25, 0.3) is 5.91 Å². The average molecular weight is 295 g/mol. The Balaban J connectivity index is 2.25. The summed E-state index contributed by atoms with van der Waals surface area (Å²) in [6.07, 6.45) is 0.431. The van der Waals surface area contributed by atoms with Crippen LogP contribution in [0.2, 0.25) is 0 Å². The van der Waals surface area contributed by atoms with Crippen LogP contribution in [0.3, 0.4) is 0 Å². The number of aryl methyl sites for hydroxylation is 2. The first-order valence-electron chi connectivity index (χ1n) is 6.76. The Kier molecular flexibility index (Phi) is 4.27. The predicted molar refractivity (Wildman–Crippen MR) is 73.8 cm³/mol. The summed E-state index contributed by atoms with van der Waals surface area (Å²) < 4.78 is 18.7. The Bertz CT molecular complexity index is 556. The van der Waals surface area contributed by atoms with Gasteiger partial charge in [-0.1, -0.05) is 0 Å². The van der Waals surface area contributed by atoms with Gasteiger partial charge in [0.1, 0.15) is 11.4 Å². The van der Waals surface area contributed by atoms with Crippen molar-refractivity contribution in [2.24, 2.45) is 0 Å². The molecule has 0 aliphatic carbocycles. The lowest BCUT2D eigenvalue weighted by Gasteiger charge is -2.33. The van der Waals surface area contributed by atoms with Crippen molar-refractivity contribution >= 4 is 11.9 Å². The molecule has 0 saturated carbocycles. The van der Waals surface area contributed by atoms with E-state index >= 15 is 0 Å². The molecule has 0 unspecified atom stereocenters. The van der Waals surface area contributed by atoms with E-state index in [1.165, 1.54) is 12.1 Å². The molecule has 1 amide bonds. The Labute approximate surface area is 122 Å². The lowest BCUT2D eigenvalue weighted by atomic mass is 9.89. The summed E-state index contributed by atoms with van der Waals surface area (Å²) >= 11 is 0. The molecule has 2 N–H and O–H groups in total. The summed E-state index contributed by atoms with van der Waals surface area (Å²) in [5, 5.41) is 12.0. The van der Waals surface area contributed by atoms with E-state index in [-0.39, 0.29) is 37.4 Å². The molecule has 0 spiro atoms. The van der Waals surface area contributed by atoms with Crippen molar-refractivity contribution < 1.29 is 23.8 Å². The molecule has 1 aliphatic heterocycles. The molecule has 0 bridgehead atoms. The minimum absolute atomic E-state index is 0.216. The van der Waals surface area contributed by atoms with Crippen LogP contribution in [0.25, 0.3) is 0 Å². The standard InChI is InChI=1S/C15H18FNO4/c1-9-7-11(8-10(2)12(9)16)13(18)17-15(14(19)20)3-5-21-6-4-15/h7-8H,3-6H2,1-2H3,(H,17,18)(H,19,20). The van der Waals surface area contributed by atoms with Crippen LogP contribution in [0.5, 0.6) is 0 Å². The number of carbonyl (C=O) groups excluding carboxylic acids is 1. The highest BCUT2D eigenvalue weighted by Crippen LogP contribution is 2.22. The van der Waals surface area contributed by atoms with Gasteiger partial charge < -0.3 is 15.2 Å². The predicted octanol–water partition coefficient (Wildman–Crippen LogP) is 1.81.